The molecule has 0 saturated carbocycles. The molecule has 4 heterocycles. The van der Waals surface area contributed by atoms with Gasteiger partial charge in [-0.25, -0.2) is 23.8 Å². The highest BCUT2D eigenvalue weighted by Gasteiger charge is 2.42. The molecule has 0 unspecified atom stereocenters. The predicted molar refractivity (Wildman–Crippen MR) is 172 cm³/mol. The van der Waals surface area contributed by atoms with Gasteiger partial charge in [-0.3, -0.25) is 14.8 Å². The van der Waals surface area contributed by atoms with Crippen molar-refractivity contribution in [2.24, 2.45) is 4.99 Å². The SMILES string of the molecule is COC(=O)/C=C/c1ccc(N2C[C@@H]3CN(CC4=C(C(=O)OC)[C@H](c5ccc(F)cc5Cl)N=C(c5nccs5)N4)CCN3C2=O)cc1. The third kappa shape index (κ3) is 6.39. The number of halogens is 2. The number of anilines is 1. The number of esters is 2. The summed E-state index contributed by atoms with van der Waals surface area (Å²) in [7, 11) is 2.62. The molecule has 6 rings (SSSR count). The van der Waals surface area contributed by atoms with E-state index < -0.39 is 23.8 Å². The zero-order chi connectivity index (χ0) is 32.4. The number of hydrogen-bond acceptors (Lipinski definition) is 10. The Kier molecular flexibility index (Phi) is 9.15. The van der Waals surface area contributed by atoms with Gasteiger partial charge in [-0.05, 0) is 35.9 Å². The van der Waals surface area contributed by atoms with Crippen LogP contribution in [0.4, 0.5) is 14.9 Å². The smallest absolute Gasteiger partial charge is 0.338 e. The fourth-order valence-electron chi connectivity index (χ4n) is 5.82. The lowest BCUT2D eigenvalue weighted by molar-refractivity contribution is -0.136. The summed E-state index contributed by atoms with van der Waals surface area (Å²) in [6, 6.07) is 10.4. The molecule has 238 valence electrons. The van der Waals surface area contributed by atoms with Crippen molar-refractivity contribution in [2.75, 3.05) is 51.8 Å². The molecular weight excluding hydrogens is 635 g/mol. The van der Waals surface area contributed by atoms with E-state index in [-0.39, 0.29) is 22.7 Å². The average Bonchev–Trinajstić information content (AvgIpc) is 3.72. The third-order valence-corrected chi connectivity index (χ3v) is 9.17. The molecule has 2 fully saturated rings. The normalized spacial score (nSPS) is 20.1. The van der Waals surface area contributed by atoms with Crippen molar-refractivity contribution in [2.45, 2.75) is 12.1 Å². The van der Waals surface area contributed by atoms with E-state index in [1.807, 2.05) is 34.5 Å². The Morgan fingerprint density at radius 3 is 2.63 bits per heavy atom. The molecule has 2 aromatic carbocycles. The van der Waals surface area contributed by atoms with Crippen molar-refractivity contribution in [1.82, 2.24) is 20.1 Å². The molecule has 14 heteroatoms. The summed E-state index contributed by atoms with van der Waals surface area (Å²) in [5.41, 5.74) is 2.87. The van der Waals surface area contributed by atoms with Crippen molar-refractivity contribution in [1.29, 1.82) is 0 Å². The molecule has 46 heavy (non-hydrogen) atoms. The number of thiazole rings is 1. The van der Waals surface area contributed by atoms with Crippen LogP contribution in [-0.2, 0) is 19.1 Å². The first-order valence-corrected chi connectivity index (χ1v) is 15.7. The number of nitrogens with one attached hydrogen (secondary N) is 1. The molecule has 2 atom stereocenters. The summed E-state index contributed by atoms with van der Waals surface area (Å²) < 4.78 is 23.8. The van der Waals surface area contributed by atoms with E-state index >= 15 is 0 Å². The van der Waals surface area contributed by atoms with Gasteiger partial charge in [0, 0.05) is 72.3 Å². The number of piperazine rings is 1. The molecule has 0 bridgehead atoms. The molecule has 2 amide bonds. The van der Waals surface area contributed by atoms with Crippen molar-refractivity contribution >= 4 is 58.5 Å². The van der Waals surface area contributed by atoms with Gasteiger partial charge in [0.05, 0.1) is 25.8 Å². The Labute approximate surface area is 273 Å². The minimum atomic E-state index is -0.856. The van der Waals surface area contributed by atoms with E-state index in [9.17, 15) is 18.8 Å². The number of urea groups is 1. The summed E-state index contributed by atoms with van der Waals surface area (Å²) in [6.07, 6.45) is 4.66. The first-order chi connectivity index (χ1) is 22.2. The minimum absolute atomic E-state index is 0.0723. The standard InChI is InChI=1S/C32H30ClFN6O5S/c1-44-26(41)10-5-19-3-7-21(8-4-19)40-17-22-16-38(12-13-39(22)32(40)43)18-25-27(31(42)45-2)28(23-9-6-20(34)15-24(23)33)37-29(36-25)30-35-11-14-46-30/h3-11,14-15,22,28H,12-13,16-18H2,1-2H3,(H,36,37)/b10-5+/t22-,28-/m0/s1. The van der Waals surface area contributed by atoms with Crippen LogP contribution in [0.25, 0.3) is 6.08 Å². The van der Waals surface area contributed by atoms with Crippen molar-refractivity contribution < 1.29 is 28.2 Å². The fraction of sp³-hybridized carbons (Fsp3) is 0.281. The zero-order valence-corrected chi connectivity index (χ0v) is 26.6. The number of carbonyl (C=O) groups is 3. The first kappa shape index (κ1) is 31.4. The number of amidine groups is 1. The second-order valence-corrected chi connectivity index (χ2v) is 12.1. The lowest BCUT2D eigenvalue weighted by Crippen LogP contribution is -2.53. The van der Waals surface area contributed by atoms with Gasteiger partial charge >= 0.3 is 18.0 Å². The van der Waals surface area contributed by atoms with Crippen LogP contribution in [0.1, 0.15) is 22.2 Å². The van der Waals surface area contributed by atoms with Crippen LogP contribution >= 0.6 is 22.9 Å². The number of methoxy groups -OCH3 is 2. The summed E-state index contributed by atoms with van der Waals surface area (Å²) in [6.45, 7) is 2.46. The minimum Gasteiger partial charge on any atom is -0.466 e. The highest BCUT2D eigenvalue weighted by molar-refractivity contribution is 7.11. The van der Waals surface area contributed by atoms with E-state index in [1.54, 1.807) is 17.2 Å². The average molecular weight is 665 g/mol. The number of rotatable bonds is 8. The Balaban J connectivity index is 1.24. The molecule has 3 aliphatic heterocycles. The Bertz CT molecular complexity index is 1750. The number of fused-ring (bicyclic) bond motifs is 1. The molecule has 1 N–H and O–H groups in total. The summed E-state index contributed by atoms with van der Waals surface area (Å²) in [5, 5.41) is 5.91. The van der Waals surface area contributed by atoms with Crippen LogP contribution in [0, 0.1) is 5.82 Å². The van der Waals surface area contributed by atoms with Crippen molar-refractivity contribution in [3.05, 3.63) is 98.4 Å². The van der Waals surface area contributed by atoms with Gasteiger partial charge in [-0.15, -0.1) is 11.3 Å². The highest BCUT2D eigenvalue weighted by Crippen LogP contribution is 2.37. The third-order valence-electron chi connectivity index (χ3n) is 8.06. The fourth-order valence-corrected chi connectivity index (χ4v) is 6.68. The molecule has 3 aromatic rings. The molecular formula is C32H30ClFN6O5S. The Hall–Kier alpha value is -4.59. The first-order valence-electron chi connectivity index (χ1n) is 14.4. The maximum absolute atomic E-state index is 14.0. The molecule has 0 spiro atoms. The zero-order valence-electron chi connectivity index (χ0n) is 25.0. The monoisotopic (exact) mass is 664 g/mol. The molecule has 0 radical (unpaired) electrons. The summed E-state index contributed by atoms with van der Waals surface area (Å²) >= 11 is 7.87. The van der Waals surface area contributed by atoms with E-state index in [2.05, 4.69) is 19.9 Å². The van der Waals surface area contributed by atoms with Gasteiger partial charge in [0.1, 0.15) is 11.9 Å². The summed E-state index contributed by atoms with van der Waals surface area (Å²) in [4.78, 5) is 53.1. The predicted octanol–water partition coefficient (Wildman–Crippen LogP) is 4.27. The second-order valence-electron chi connectivity index (χ2n) is 10.8. The van der Waals surface area contributed by atoms with Crippen molar-refractivity contribution in [3.8, 4) is 0 Å². The lowest BCUT2D eigenvalue weighted by atomic mass is 9.95. The van der Waals surface area contributed by atoms with Crippen LogP contribution in [0.15, 0.2) is 76.4 Å². The van der Waals surface area contributed by atoms with E-state index in [0.717, 1.165) is 11.3 Å². The van der Waals surface area contributed by atoms with Crippen LogP contribution in [0.3, 0.4) is 0 Å². The van der Waals surface area contributed by atoms with E-state index in [0.29, 0.717) is 54.8 Å². The molecule has 2 saturated heterocycles. The van der Waals surface area contributed by atoms with Gasteiger partial charge in [0.15, 0.2) is 10.8 Å². The van der Waals surface area contributed by atoms with Crippen LogP contribution in [0.5, 0.6) is 0 Å². The Morgan fingerprint density at radius 1 is 1.13 bits per heavy atom. The maximum Gasteiger partial charge on any atom is 0.338 e. The largest absolute Gasteiger partial charge is 0.466 e. The van der Waals surface area contributed by atoms with Gasteiger partial charge < -0.3 is 19.7 Å². The van der Waals surface area contributed by atoms with E-state index in [1.165, 1.54) is 49.8 Å². The second kappa shape index (κ2) is 13.4. The lowest BCUT2D eigenvalue weighted by Gasteiger charge is -2.38. The molecule has 3 aliphatic rings. The quantitative estimate of drug-likeness (QED) is 0.281. The van der Waals surface area contributed by atoms with Gasteiger partial charge in [-0.2, -0.15) is 0 Å². The number of ether oxygens (including phenoxy) is 2. The molecule has 0 aliphatic carbocycles. The maximum atomic E-state index is 14.0. The van der Waals surface area contributed by atoms with E-state index in [4.69, 9.17) is 21.3 Å². The number of nitrogens with zero attached hydrogens (tertiary/aromatic N) is 5. The van der Waals surface area contributed by atoms with Crippen LogP contribution in [0.2, 0.25) is 5.02 Å². The van der Waals surface area contributed by atoms with Gasteiger partial charge in [-0.1, -0.05) is 29.8 Å². The van der Waals surface area contributed by atoms with Crippen molar-refractivity contribution in [3.63, 3.8) is 0 Å². The molecule has 11 nitrogen and oxygen atoms in total. The van der Waals surface area contributed by atoms with Crippen LogP contribution < -0.4 is 10.2 Å². The topological polar surface area (TPSA) is 117 Å². The van der Waals surface area contributed by atoms with Crippen LogP contribution in [-0.4, -0.2) is 91.6 Å². The summed E-state index contributed by atoms with van der Waals surface area (Å²) in [5.74, 6) is -1.06. The number of hydrogen-bond donors (Lipinski definition) is 1. The number of benzene rings is 2. The number of carbonyl (C=O) groups excluding carboxylic acids is 3. The van der Waals surface area contributed by atoms with Gasteiger partial charge in [0.2, 0.25) is 0 Å². The Morgan fingerprint density at radius 2 is 1.93 bits per heavy atom. The van der Waals surface area contributed by atoms with Gasteiger partial charge in [0.25, 0.3) is 0 Å². The number of amides is 2. The molecule has 1 aromatic heterocycles. The number of aliphatic imine (C=N–C) groups is 1. The highest BCUT2D eigenvalue weighted by atomic mass is 35.5. The number of aromatic nitrogens is 1.